The Bertz CT molecular complexity index is 860. The quantitative estimate of drug-likeness (QED) is 0.776. The molecule has 1 aliphatic rings. The minimum Gasteiger partial charge on any atom is -0.376 e. The lowest BCUT2D eigenvalue weighted by atomic mass is 10.1. The summed E-state index contributed by atoms with van der Waals surface area (Å²) in [7, 11) is 0. The number of carbonyl (C=O) groups is 2. The highest BCUT2D eigenvalue weighted by Crippen LogP contribution is 2.30. The predicted molar refractivity (Wildman–Crippen MR) is 105 cm³/mol. The molecule has 0 bridgehead atoms. The first-order chi connectivity index (χ1) is 13.8. The normalized spacial score (nSPS) is 14.4. The van der Waals surface area contributed by atoms with Gasteiger partial charge in [0, 0.05) is 30.0 Å². The molecule has 5 nitrogen and oxygen atoms in total. The molecule has 2 amide bonds. The number of likely N-dealkylation sites (tertiary alicyclic amines) is 1. The van der Waals surface area contributed by atoms with Gasteiger partial charge in [0.1, 0.15) is 0 Å². The van der Waals surface area contributed by atoms with E-state index in [0.29, 0.717) is 11.3 Å². The predicted octanol–water partition coefficient (Wildman–Crippen LogP) is 4.38. The fraction of sp³-hybridized carbons (Fsp3) is 0.333. The van der Waals surface area contributed by atoms with Gasteiger partial charge in [-0.2, -0.15) is 13.2 Å². The van der Waals surface area contributed by atoms with Gasteiger partial charge in [-0.05, 0) is 61.7 Å². The molecule has 2 N–H and O–H groups in total. The zero-order valence-corrected chi connectivity index (χ0v) is 15.8. The number of benzene rings is 2. The zero-order chi connectivity index (χ0) is 20.9. The Morgan fingerprint density at radius 1 is 0.931 bits per heavy atom. The van der Waals surface area contributed by atoms with Crippen molar-refractivity contribution in [3.05, 3.63) is 59.7 Å². The van der Waals surface area contributed by atoms with Crippen LogP contribution in [0.4, 0.5) is 24.5 Å². The van der Waals surface area contributed by atoms with Crippen LogP contribution in [0.15, 0.2) is 48.5 Å². The van der Waals surface area contributed by atoms with Crippen LogP contribution in [0, 0.1) is 0 Å². The largest absolute Gasteiger partial charge is 0.416 e. The molecule has 0 unspecified atom stereocenters. The van der Waals surface area contributed by atoms with Crippen LogP contribution in [0.2, 0.25) is 0 Å². The molecule has 29 heavy (non-hydrogen) atoms. The number of hydrogen-bond acceptors (Lipinski definition) is 3. The van der Waals surface area contributed by atoms with Gasteiger partial charge in [0.2, 0.25) is 5.91 Å². The number of nitrogens with zero attached hydrogens (tertiary/aromatic N) is 1. The third kappa shape index (κ3) is 5.73. The van der Waals surface area contributed by atoms with Crippen molar-refractivity contribution in [3.8, 4) is 0 Å². The summed E-state index contributed by atoms with van der Waals surface area (Å²) in [6.45, 7) is 1.43. The van der Waals surface area contributed by atoms with E-state index >= 15 is 0 Å². The van der Waals surface area contributed by atoms with Crippen molar-refractivity contribution in [3.63, 3.8) is 0 Å². The maximum atomic E-state index is 12.7. The first-order valence-electron chi connectivity index (χ1n) is 9.43. The van der Waals surface area contributed by atoms with Crippen LogP contribution in [0.5, 0.6) is 0 Å². The van der Waals surface area contributed by atoms with Crippen LogP contribution in [-0.4, -0.2) is 36.3 Å². The van der Waals surface area contributed by atoms with Crippen LogP contribution in [0.3, 0.4) is 0 Å². The van der Waals surface area contributed by atoms with Crippen LogP contribution in [-0.2, 0) is 11.0 Å². The molecule has 0 atom stereocenters. The Labute approximate surface area is 166 Å². The van der Waals surface area contributed by atoms with Gasteiger partial charge >= 0.3 is 6.18 Å². The van der Waals surface area contributed by atoms with E-state index in [-0.39, 0.29) is 18.1 Å². The molecule has 2 aromatic carbocycles. The lowest BCUT2D eigenvalue weighted by molar-refractivity contribution is -0.137. The first kappa shape index (κ1) is 20.7. The number of nitrogens with one attached hydrogen (secondary N) is 2. The molecule has 1 fully saturated rings. The number of alkyl halides is 3. The van der Waals surface area contributed by atoms with E-state index in [4.69, 9.17) is 0 Å². The van der Waals surface area contributed by atoms with Crippen molar-refractivity contribution >= 4 is 23.2 Å². The van der Waals surface area contributed by atoms with Gasteiger partial charge in [-0.15, -0.1) is 0 Å². The first-order valence-corrected chi connectivity index (χ1v) is 9.43. The van der Waals surface area contributed by atoms with Gasteiger partial charge in [0.15, 0.2) is 0 Å². The van der Waals surface area contributed by atoms with E-state index < -0.39 is 17.6 Å². The second kappa shape index (κ2) is 8.98. The Kier molecular flexibility index (Phi) is 6.41. The standard InChI is InChI=1S/C21H22F3N3O2/c22-21(23,24)16-5-4-6-18(13-16)26-19(28)14-25-17-9-7-15(8-10-17)20(29)27-11-2-1-3-12-27/h4-10,13,25H,1-3,11-12,14H2,(H,26,28). The molecule has 3 rings (SSSR count). The Morgan fingerprint density at radius 2 is 1.62 bits per heavy atom. The molecule has 0 aliphatic carbocycles. The van der Waals surface area contributed by atoms with Crippen molar-refractivity contribution in [2.45, 2.75) is 25.4 Å². The third-order valence-electron chi connectivity index (χ3n) is 4.70. The van der Waals surface area contributed by atoms with Gasteiger partial charge in [-0.25, -0.2) is 0 Å². The fourth-order valence-corrected chi connectivity index (χ4v) is 3.17. The second-order valence-electron chi connectivity index (χ2n) is 6.91. The summed E-state index contributed by atoms with van der Waals surface area (Å²) >= 11 is 0. The monoisotopic (exact) mass is 405 g/mol. The smallest absolute Gasteiger partial charge is 0.376 e. The molecular formula is C21H22F3N3O2. The number of halogens is 3. The van der Waals surface area contributed by atoms with E-state index in [1.165, 1.54) is 12.1 Å². The Hall–Kier alpha value is -3.03. The number of carbonyl (C=O) groups excluding carboxylic acids is 2. The van der Waals surface area contributed by atoms with E-state index in [1.54, 1.807) is 24.3 Å². The number of hydrogen-bond donors (Lipinski definition) is 2. The van der Waals surface area contributed by atoms with Crippen molar-refractivity contribution in [1.82, 2.24) is 4.90 Å². The molecule has 154 valence electrons. The summed E-state index contributed by atoms with van der Waals surface area (Å²) in [6.07, 6.45) is -1.28. The zero-order valence-electron chi connectivity index (χ0n) is 15.8. The molecule has 8 heteroatoms. The SMILES string of the molecule is O=C(CNc1ccc(C(=O)N2CCCCC2)cc1)Nc1cccc(C(F)(F)F)c1. The average molecular weight is 405 g/mol. The molecule has 0 radical (unpaired) electrons. The van der Waals surface area contributed by atoms with Crippen molar-refractivity contribution in [2.24, 2.45) is 0 Å². The van der Waals surface area contributed by atoms with Crippen molar-refractivity contribution in [1.29, 1.82) is 0 Å². The van der Waals surface area contributed by atoms with Crippen LogP contribution >= 0.6 is 0 Å². The van der Waals surface area contributed by atoms with E-state index in [1.807, 2.05) is 4.90 Å². The summed E-state index contributed by atoms with van der Waals surface area (Å²) in [6, 6.07) is 11.3. The minimum atomic E-state index is -4.47. The lowest BCUT2D eigenvalue weighted by Gasteiger charge is -2.26. The fourth-order valence-electron chi connectivity index (χ4n) is 3.17. The number of amides is 2. The Morgan fingerprint density at radius 3 is 2.28 bits per heavy atom. The van der Waals surface area contributed by atoms with E-state index in [9.17, 15) is 22.8 Å². The molecule has 0 aromatic heterocycles. The third-order valence-corrected chi connectivity index (χ3v) is 4.70. The maximum absolute atomic E-state index is 12.7. The number of rotatable bonds is 5. The molecule has 0 saturated carbocycles. The topological polar surface area (TPSA) is 61.4 Å². The van der Waals surface area contributed by atoms with Crippen LogP contribution < -0.4 is 10.6 Å². The summed E-state index contributed by atoms with van der Waals surface area (Å²) in [5.74, 6) is -0.476. The summed E-state index contributed by atoms with van der Waals surface area (Å²) in [5.41, 5.74) is 0.483. The number of piperidine rings is 1. The molecule has 1 saturated heterocycles. The molecule has 1 aliphatic heterocycles. The van der Waals surface area contributed by atoms with Crippen molar-refractivity contribution in [2.75, 3.05) is 30.3 Å². The highest BCUT2D eigenvalue weighted by Gasteiger charge is 2.30. The lowest BCUT2D eigenvalue weighted by Crippen LogP contribution is -2.35. The highest BCUT2D eigenvalue weighted by molar-refractivity contribution is 5.95. The van der Waals surface area contributed by atoms with Crippen LogP contribution in [0.1, 0.15) is 35.2 Å². The second-order valence-corrected chi connectivity index (χ2v) is 6.91. The van der Waals surface area contributed by atoms with Crippen LogP contribution in [0.25, 0.3) is 0 Å². The average Bonchev–Trinajstić information content (AvgIpc) is 2.72. The van der Waals surface area contributed by atoms with Crippen molar-refractivity contribution < 1.29 is 22.8 Å². The van der Waals surface area contributed by atoms with Gasteiger partial charge in [0.05, 0.1) is 12.1 Å². The molecule has 0 spiro atoms. The van der Waals surface area contributed by atoms with E-state index in [0.717, 1.165) is 44.5 Å². The van der Waals surface area contributed by atoms with Gasteiger partial charge in [-0.3, -0.25) is 9.59 Å². The molecular weight excluding hydrogens is 383 g/mol. The number of anilines is 2. The highest BCUT2D eigenvalue weighted by atomic mass is 19.4. The van der Waals surface area contributed by atoms with Gasteiger partial charge in [-0.1, -0.05) is 6.07 Å². The summed E-state index contributed by atoms with van der Waals surface area (Å²) in [5, 5.41) is 5.33. The van der Waals surface area contributed by atoms with Gasteiger partial charge in [0.25, 0.3) is 5.91 Å². The molecule has 2 aromatic rings. The maximum Gasteiger partial charge on any atom is 0.416 e. The summed E-state index contributed by atoms with van der Waals surface area (Å²) in [4.78, 5) is 26.3. The summed E-state index contributed by atoms with van der Waals surface area (Å²) < 4.78 is 38.2. The van der Waals surface area contributed by atoms with E-state index in [2.05, 4.69) is 10.6 Å². The van der Waals surface area contributed by atoms with Gasteiger partial charge < -0.3 is 15.5 Å². The minimum absolute atomic E-state index is 0.00135. The Balaban J connectivity index is 1.52. The molecule has 1 heterocycles.